The molecule has 0 spiro atoms. The van der Waals surface area contributed by atoms with E-state index in [-0.39, 0.29) is 29.8 Å². The van der Waals surface area contributed by atoms with Gasteiger partial charge in [-0.2, -0.15) is 0 Å². The second-order valence-corrected chi connectivity index (χ2v) is 5.90. The molecule has 1 fully saturated rings. The molecular formula is C14H19FN4O2. The largest absolute Gasteiger partial charge is 0.339 e. The van der Waals surface area contributed by atoms with E-state index in [4.69, 9.17) is 0 Å². The number of aryl methyl sites for hydroxylation is 1. The van der Waals surface area contributed by atoms with Crippen molar-refractivity contribution in [2.75, 3.05) is 6.67 Å². The molecule has 1 N–H and O–H groups in total. The molecule has 2 heterocycles. The van der Waals surface area contributed by atoms with Gasteiger partial charge in [0.15, 0.2) is 5.65 Å². The fourth-order valence-corrected chi connectivity index (χ4v) is 3.18. The van der Waals surface area contributed by atoms with Crippen LogP contribution >= 0.6 is 0 Å². The van der Waals surface area contributed by atoms with E-state index in [9.17, 15) is 14.0 Å². The van der Waals surface area contributed by atoms with Crippen LogP contribution in [0.1, 0.15) is 25.7 Å². The van der Waals surface area contributed by atoms with Crippen molar-refractivity contribution in [1.29, 1.82) is 0 Å². The van der Waals surface area contributed by atoms with E-state index in [1.54, 1.807) is 7.05 Å². The second kappa shape index (κ2) is 5.46. The van der Waals surface area contributed by atoms with Crippen LogP contribution in [0.3, 0.4) is 0 Å². The van der Waals surface area contributed by atoms with Crippen LogP contribution in [0.25, 0.3) is 11.2 Å². The van der Waals surface area contributed by atoms with Gasteiger partial charge >= 0.3 is 5.69 Å². The van der Waals surface area contributed by atoms with Crippen LogP contribution in [0.4, 0.5) is 4.39 Å². The highest BCUT2D eigenvalue weighted by Crippen LogP contribution is 2.29. The van der Waals surface area contributed by atoms with E-state index in [1.165, 1.54) is 15.5 Å². The molecule has 0 unspecified atom stereocenters. The molecule has 114 valence electrons. The minimum Gasteiger partial charge on any atom is -0.339 e. The fourth-order valence-electron chi connectivity index (χ4n) is 3.18. The normalized spacial score (nSPS) is 22.8. The lowest BCUT2D eigenvalue weighted by atomic mass is 9.82. The van der Waals surface area contributed by atoms with Gasteiger partial charge in [0.2, 0.25) is 0 Å². The van der Waals surface area contributed by atoms with E-state index in [2.05, 4.69) is 9.97 Å². The highest BCUT2D eigenvalue weighted by Gasteiger charge is 2.23. The first-order valence-electron chi connectivity index (χ1n) is 7.30. The van der Waals surface area contributed by atoms with Crippen LogP contribution < -0.4 is 11.2 Å². The van der Waals surface area contributed by atoms with Crippen molar-refractivity contribution in [1.82, 2.24) is 19.1 Å². The number of imidazole rings is 1. The van der Waals surface area contributed by atoms with Crippen LogP contribution in [-0.2, 0) is 13.6 Å². The monoisotopic (exact) mass is 294 g/mol. The highest BCUT2D eigenvalue weighted by atomic mass is 19.1. The predicted octanol–water partition coefficient (Wildman–Crippen LogP) is 1.20. The molecule has 3 rings (SSSR count). The molecule has 1 saturated carbocycles. The maximum Gasteiger partial charge on any atom is 0.332 e. The number of rotatable bonds is 3. The van der Waals surface area contributed by atoms with Gasteiger partial charge in [-0.05, 0) is 37.5 Å². The summed E-state index contributed by atoms with van der Waals surface area (Å²) in [5.74, 6) is 0.412. The maximum atomic E-state index is 12.6. The van der Waals surface area contributed by atoms with Gasteiger partial charge in [-0.25, -0.2) is 9.78 Å². The number of fused-ring (bicyclic) bond motifs is 1. The molecule has 0 aliphatic heterocycles. The third kappa shape index (κ3) is 2.41. The number of H-pyrrole nitrogens is 1. The Labute approximate surface area is 120 Å². The number of aromatic nitrogens is 4. The molecule has 7 heteroatoms. The first kappa shape index (κ1) is 14.0. The minimum absolute atomic E-state index is 0.149. The second-order valence-electron chi connectivity index (χ2n) is 5.90. The standard InChI is InChI=1S/C14H19FN4O2/c1-18-12-11(16-8-17-12)13(20)19(14(18)21)7-10-4-2-9(6-15)3-5-10/h8-10H,2-7H2,1H3,(H,16,17). The van der Waals surface area contributed by atoms with Gasteiger partial charge in [0.05, 0.1) is 13.0 Å². The first-order chi connectivity index (χ1) is 10.1. The lowest BCUT2D eigenvalue weighted by Gasteiger charge is -2.27. The van der Waals surface area contributed by atoms with Gasteiger partial charge < -0.3 is 4.98 Å². The third-order valence-corrected chi connectivity index (χ3v) is 4.54. The number of alkyl halides is 1. The summed E-state index contributed by atoms with van der Waals surface area (Å²) in [5.41, 5.74) is 0.0716. The molecule has 0 saturated heterocycles. The molecule has 6 nitrogen and oxygen atoms in total. The van der Waals surface area contributed by atoms with Crippen LogP contribution in [0.5, 0.6) is 0 Å². The van der Waals surface area contributed by atoms with Gasteiger partial charge in [-0.3, -0.25) is 18.3 Å². The van der Waals surface area contributed by atoms with E-state index >= 15 is 0 Å². The van der Waals surface area contributed by atoms with Crippen molar-refractivity contribution in [2.24, 2.45) is 18.9 Å². The molecule has 1 aliphatic carbocycles. The minimum atomic E-state index is -0.341. The Kier molecular flexibility index (Phi) is 3.65. The number of nitrogens with one attached hydrogen (secondary N) is 1. The predicted molar refractivity (Wildman–Crippen MR) is 77.0 cm³/mol. The average Bonchev–Trinajstić information content (AvgIpc) is 3.00. The molecule has 21 heavy (non-hydrogen) atoms. The number of halogens is 1. The zero-order chi connectivity index (χ0) is 15.0. The van der Waals surface area contributed by atoms with E-state index in [0.29, 0.717) is 17.7 Å². The number of nitrogens with zero attached hydrogens (tertiary/aromatic N) is 3. The molecular weight excluding hydrogens is 275 g/mol. The Bertz CT molecular complexity index is 752. The summed E-state index contributed by atoms with van der Waals surface area (Å²) in [6.07, 6.45) is 4.82. The van der Waals surface area contributed by atoms with Crippen LogP contribution in [-0.4, -0.2) is 25.8 Å². The summed E-state index contributed by atoms with van der Waals surface area (Å²) in [4.78, 5) is 31.5. The Balaban J connectivity index is 1.91. The molecule has 0 atom stereocenters. The van der Waals surface area contributed by atoms with Crippen molar-refractivity contribution in [3.63, 3.8) is 0 Å². The fraction of sp³-hybridized carbons (Fsp3) is 0.643. The van der Waals surface area contributed by atoms with Crippen LogP contribution in [0.2, 0.25) is 0 Å². The molecule has 0 bridgehead atoms. The third-order valence-electron chi connectivity index (χ3n) is 4.54. The van der Waals surface area contributed by atoms with Gasteiger partial charge in [0, 0.05) is 13.6 Å². The summed E-state index contributed by atoms with van der Waals surface area (Å²) in [7, 11) is 1.61. The number of aromatic amines is 1. The van der Waals surface area contributed by atoms with E-state index < -0.39 is 0 Å². The number of hydrogen-bond acceptors (Lipinski definition) is 3. The lowest BCUT2D eigenvalue weighted by molar-refractivity contribution is 0.214. The lowest BCUT2D eigenvalue weighted by Crippen LogP contribution is -2.41. The molecule has 0 aromatic carbocycles. The van der Waals surface area contributed by atoms with Crippen molar-refractivity contribution in [3.8, 4) is 0 Å². The van der Waals surface area contributed by atoms with Crippen molar-refractivity contribution >= 4 is 11.2 Å². The number of hydrogen-bond donors (Lipinski definition) is 1. The average molecular weight is 294 g/mol. The summed E-state index contributed by atoms with van der Waals surface area (Å²) >= 11 is 0. The Morgan fingerprint density at radius 2 is 1.95 bits per heavy atom. The Morgan fingerprint density at radius 3 is 2.62 bits per heavy atom. The Morgan fingerprint density at radius 1 is 1.29 bits per heavy atom. The van der Waals surface area contributed by atoms with Gasteiger partial charge in [-0.1, -0.05) is 0 Å². The van der Waals surface area contributed by atoms with Gasteiger partial charge in [0.25, 0.3) is 5.56 Å². The smallest absolute Gasteiger partial charge is 0.332 e. The molecule has 2 aromatic heterocycles. The molecule has 0 amide bonds. The van der Waals surface area contributed by atoms with E-state index in [1.807, 2.05) is 0 Å². The van der Waals surface area contributed by atoms with Crippen molar-refractivity contribution < 1.29 is 4.39 Å². The topological polar surface area (TPSA) is 72.7 Å². The quantitative estimate of drug-likeness (QED) is 0.924. The summed E-state index contributed by atoms with van der Waals surface area (Å²) in [6.45, 7) is 0.133. The van der Waals surface area contributed by atoms with Crippen molar-refractivity contribution in [2.45, 2.75) is 32.2 Å². The first-order valence-corrected chi connectivity index (χ1v) is 7.30. The zero-order valence-corrected chi connectivity index (χ0v) is 12.0. The summed E-state index contributed by atoms with van der Waals surface area (Å²) in [5, 5.41) is 0. The van der Waals surface area contributed by atoms with Crippen molar-refractivity contribution in [3.05, 3.63) is 27.2 Å². The van der Waals surface area contributed by atoms with Crippen LogP contribution in [0, 0.1) is 11.8 Å². The Hall–Kier alpha value is -1.92. The molecule has 2 aromatic rings. The van der Waals surface area contributed by atoms with Gasteiger partial charge in [-0.15, -0.1) is 0 Å². The summed E-state index contributed by atoms with van der Waals surface area (Å²) in [6, 6.07) is 0. The maximum absolute atomic E-state index is 12.6. The zero-order valence-electron chi connectivity index (χ0n) is 12.0. The SMILES string of the molecule is Cn1c(=O)n(CC2CCC(CF)CC2)c(=O)c2[nH]cnc21. The van der Waals surface area contributed by atoms with Gasteiger partial charge in [0.1, 0.15) is 5.52 Å². The summed E-state index contributed by atoms with van der Waals surface area (Å²) < 4.78 is 15.3. The van der Waals surface area contributed by atoms with E-state index in [0.717, 1.165) is 25.7 Å². The van der Waals surface area contributed by atoms with Crippen LogP contribution in [0.15, 0.2) is 15.9 Å². The molecule has 1 aliphatic rings. The highest BCUT2D eigenvalue weighted by molar-refractivity contribution is 5.68. The molecule has 0 radical (unpaired) electrons.